The molecule has 2 aromatic heterocycles. The molecule has 0 aliphatic heterocycles. The van der Waals surface area contributed by atoms with Crippen LogP contribution in [0.25, 0.3) is 0 Å². The third kappa shape index (κ3) is 3.64. The molecule has 1 aliphatic rings. The van der Waals surface area contributed by atoms with Gasteiger partial charge in [-0.2, -0.15) is 0 Å². The molecule has 8 heteroatoms. The molecule has 1 fully saturated rings. The quantitative estimate of drug-likeness (QED) is 0.906. The molecule has 23 heavy (non-hydrogen) atoms. The molecule has 1 amide bonds. The van der Waals surface area contributed by atoms with Crippen LogP contribution in [-0.4, -0.2) is 40.2 Å². The van der Waals surface area contributed by atoms with E-state index in [1.165, 1.54) is 24.2 Å². The molecule has 0 bridgehead atoms. The Morgan fingerprint density at radius 3 is 2.65 bits per heavy atom. The van der Waals surface area contributed by atoms with E-state index >= 15 is 0 Å². The van der Waals surface area contributed by atoms with Gasteiger partial charge in [0.15, 0.2) is 0 Å². The average molecular weight is 332 g/mol. The fraction of sp³-hybridized carbons (Fsp3) is 0.533. The van der Waals surface area contributed by atoms with Gasteiger partial charge in [-0.15, -0.1) is 10.2 Å². The van der Waals surface area contributed by atoms with E-state index in [0.717, 1.165) is 10.7 Å². The first kappa shape index (κ1) is 15.8. The summed E-state index contributed by atoms with van der Waals surface area (Å²) in [6.07, 6.45) is 2.33. The van der Waals surface area contributed by atoms with Gasteiger partial charge >= 0.3 is 0 Å². The maximum absolute atomic E-state index is 12.5. The number of rotatable bonds is 5. The Hall–Kier alpha value is -2.09. The SMILES string of the molecule is CC(C)c1cc(C(=O)Nc2nnc(C3CC3)s2)nc(N(C)C)n1. The zero-order chi connectivity index (χ0) is 16.6. The Bertz CT molecular complexity index is 696. The fourth-order valence-electron chi connectivity index (χ4n) is 2.01. The smallest absolute Gasteiger partial charge is 0.276 e. The molecule has 0 unspecified atom stereocenters. The summed E-state index contributed by atoms with van der Waals surface area (Å²) in [6, 6.07) is 1.73. The van der Waals surface area contributed by atoms with Gasteiger partial charge in [0.2, 0.25) is 11.1 Å². The van der Waals surface area contributed by atoms with Crippen molar-refractivity contribution in [3.63, 3.8) is 0 Å². The summed E-state index contributed by atoms with van der Waals surface area (Å²) in [5, 5.41) is 12.5. The van der Waals surface area contributed by atoms with Crippen molar-refractivity contribution >= 4 is 28.3 Å². The molecule has 0 radical (unpaired) electrons. The normalized spacial score (nSPS) is 14.1. The van der Waals surface area contributed by atoms with E-state index in [9.17, 15) is 4.79 Å². The first-order valence-electron chi connectivity index (χ1n) is 7.65. The van der Waals surface area contributed by atoms with E-state index < -0.39 is 0 Å². The monoisotopic (exact) mass is 332 g/mol. The van der Waals surface area contributed by atoms with Crippen molar-refractivity contribution in [3.05, 3.63) is 22.5 Å². The number of aromatic nitrogens is 4. The lowest BCUT2D eigenvalue weighted by Gasteiger charge is -2.14. The van der Waals surface area contributed by atoms with Crippen LogP contribution >= 0.6 is 11.3 Å². The molecule has 1 saturated carbocycles. The van der Waals surface area contributed by atoms with Gasteiger partial charge in [-0.05, 0) is 24.8 Å². The maximum atomic E-state index is 12.5. The minimum absolute atomic E-state index is 0.214. The van der Waals surface area contributed by atoms with Crippen molar-refractivity contribution in [2.75, 3.05) is 24.3 Å². The lowest BCUT2D eigenvalue weighted by molar-refractivity contribution is 0.102. The number of carbonyl (C=O) groups is 1. The molecule has 0 spiro atoms. The lowest BCUT2D eigenvalue weighted by atomic mass is 10.1. The highest BCUT2D eigenvalue weighted by molar-refractivity contribution is 7.15. The zero-order valence-corrected chi connectivity index (χ0v) is 14.5. The molecule has 122 valence electrons. The third-order valence-electron chi connectivity index (χ3n) is 3.55. The van der Waals surface area contributed by atoms with Gasteiger partial charge in [0.05, 0.1) is 0 Å². The van der Waals surface area contributed by atoms with Gasteiger partial charge in [0.1, 0.15) is 10.7 Å². The van der Waals surface area contributed by atoms with Crippen LogP contribution < -0.4 is 10.2 Å². The van der Waals surface area contributed by atoms with Crippen molar-refractivity contribution in [1.82, 2.24) is 20.2 Å². The number of anilines is 2. The van der Waals surface area contributed by atoms with E-state index in [1.807, 2.05) is 27.9 Å². The third-order valence-corrected chi connectivity index (χ3v) is 4.55. The minimum Gasteiger partial charge on any atom is -0.347 e. The Balaban J connectivity index is 1.82. The summed E-state index contributed by atoms with van der Waals surface area (Å²) in [4.78, 5) is 23.1. The van der Waals surface area contributed by atoms with Gasteiger partial charge in [0.25, 0.3) is 5.91 Å². The zero-order valence-electron chi connectivity index (χ0n) is 13.7. The van der Waals surface area contributed by atoms with Crippen molar-refractivity contribution in [3.8, 4) is 0 Å². The first-order chi connectivity index (χ1) is 10.9. The topological polar surface area (TPSA) is 83.9 Å². The fourth-order valence-corrected chi connectivity index (χ4v) is 2.91. The molecule has 0 saturated heterocycles. The Morgan fingerprint density at radius 2 is 2.04 bits per heavy atom. The van der Waals surface area contributed by atoms with Gasteiger partial charge < -0.3 is 4.90 Å². The molecular formula is C15H20N6OS. The van der Waals surface area contributed by atoms with Crippen LogP contribution in [0.3, 0.4) is 0 Å². The number of nitrogens with one attached hydrogen (secondary N) is 1. The summed E-state index contributed by atoms with van der Waals surface area (Å²) in [6.45, 7) is 4.08. The van der Waals surface area contributed by atoms with Crippen molar-refractivity contribution in [2.45, 2.75) is 38.5 Å². The highest BCUT2D eigenvalue weighted by Crippen LogP contribution is 2.42. The van der Waals surface area contributed by atoms with Crippen molar-refractivity contribution in [1.29, 1.82) is 0 Å². The second-order valence-corrected chi connectivity index (χ2v) is 7.21. The summed E-state index contributed by atoms with van der Waals surface area (Å²) in [7, 11) is 3.71. The molecule has 2 aromatic rings. The van der Waals surface area contributed by atoms with E-state index in [2.05, 4.69) is 25.5 Å². The summed E-state index contributed by atoms with van der Waals surface area (Å²) in [5.41, 5.74) is 1.18. The van der Waals surface area contributed by atoms with Gasteiger partial charge in [-0.1, -0.05) is 25.2 Å². The molecule has 1 N–H and O–H groups in total. The predicted octanol–water partition coefficient (Wildman–Crippen LogP) is 2.65. The van der Waals surface area contributed by atoms with Crippen LogP contribution in [-0.2, 0) is 0 Å². The van der Waals surface area contributed by atoms with Crippen LogP contribution in [0.4, 0.5) is 11.1 Å². The van der Waals surface area contributed by atoms with Crippen LogP contribution in [0, 0.1) is 0 Å². The second kappa shape index (κ2) is 6.19. The predicted molar refractivity (Wildman–Crippen MR) is 90.3 cm³/mol. The highest BCUT2D eigenvalue weighted by Gasteiger charge is 2.28. The number of carbonyl (C=O) groups excluding carboxylic acids is 1. The van der Waals surface area contributed by atoms with Crippen molar-refractivity contribution < 1.29 is 4.79 Å². The molecule has 7 nitrogen and oxygen atoms in total. The van der Waals surface area contributed by atoms with E-state index in [-0.39, 0.29) is 11.8 Å². The Morgan fingerprint density at radius 1 is 1.30 bits per heavy atom. The summed E-state index contributed by atoms with van der Waals surface area (Å²) < 4.78 is 0. The standard InChI is InChI=1S/C15H20N6OS/c1-8(2)10-7-11(17-14(16-10)21(3)4)12(22)18-15-20-19-13(23-15)9-5-6-9/h7-9H,5-6H2,1-4H3,(H,18,20,22). The summed E-state index contributed by atoms with van der Waals surface area (Å²) >= 11 is 1.44. The van der Waals surface area contributed by atoms with E-state index in [0.29, 0.717) is 22.7 Å². The minimum atomic E-state index is -0.282. The van der Waals surface area contributed by atoms with Gasteiger partial charge in [-0.3, -0.25) is 10.1 Å². The number of amides is 1. The second-order valence-electron chi connectivity index (χ2n) is 6.20. The maximum Gasteiger partial charge on any atom is 0.276 e. The number of nitrogens with zero attached hydrogens (tertiary/aromatic N) is 5. The lowest BCUT2D eigenvalue weighted by Crippen LogP contribution is -2.19. The molecule has 0 atom stereocenters. The largest absolute Gasteiger partial charge is 0.347 e. The average Bonchev–Trinajstić information content (AvgIpc) is 3.27. The van der Waals surface area contributed by atoms with Crippen LogP contribution in [0.1, 0.15) is 59.7 Å². The number of hydrogen-bond donors (Lipinski definition) is 1. The summed E-state index contributed by atoms with van der Waals surface area (Å²) in [5.74, 6) is 0.990. The van der Waals surface area contributed by atoms with Gasteiger partial charge in [0, 0.05) is 25.7 Å². The van der Waals surface area contributed by atoms with Gasteiger partial charge in [-0.25, -0.2) is 9.97 Å². The molecular weight excluding hydrogens is 312 g/mol. The van der Waals surface area contributed by atoms with Crippen LogP contribution in [0.2, 0.25) is 0 Å². The molecule has 0 aromatic carbocycles. The van der Waals surface area contributed by atoms with E-state index in [4.69, 9.17) is 0 Å². The van der Waals surface area contributed by atoms with Crippen LogP contribution in [0.15, 0.2) is 6.07 Å². The number of hydrogen-bond acceptors (Lipinski definition) is 7. The first-order valence-corrected chi connectivity index (χ1v) is 8.46. The highest BCUT2D eigenvalue weighted by atomic mass is 32.1. The Labute approximate surface area is 139 Å². The molecule has 2 heterocycles. The van der Waals surface area contributed by atoms with Crippen molar-refractivity contribution in [2.24, 2.45) is 0 Å². The Kier molecular flexibility index (Phi) is 4.25. The van der Waals surface area contributed by atoms with E-state index in [1.54, 1.807) is 11.0 Å². The van der Waals surface area contributed by atoms with Crippen LogP contribution in [0.5, 0.6) is 0 Å². The molecule has 3 rings (SSSR count). The molecule has 1 aliphatic carbocycles.